The maximum absolute atomic E-state index is 12.9. The van der Waals surface area contributed by atoms with E-state index in [1.807, 2.05) is 13.8 Å². The number of hydrogen-bond acceptors (Lipinski definition) is 7. The number of amides is 3. The van der Waals surface area contributed by atoms with Crippen LogP contribution in [0.5, 0.6) is 5.75 Å². The Kier molecular flexibility index (Phi) is 10.6. The van der Waals surface area contributed by atoms with Gasteiger partial charge in [0.05, 0.1) is 12.6 Å². The largest absolute Gasteiger partial charge is 0.508 e. The van der Waals surface area contributed by atoms with E-state index in [0.717, 1.165) is 0 Å². The molecular formula is C21H32N4O7. The van der Waals surface area contributed by atoms with E-state index in [-0.39, 0.29) is 24.5 Å². The Morgan fingerprint density at radius 3 is 1.97 bits per heavy atom. The number of carboxylic acids is 1. The third kappa shape index (κ3) is 8.90. The summed E-state index contributed by atoms with van der Waals surface area (Å²) in [5, 5.41) is 36.0. The number of benzene rings is 1. The van der Waals surface area contributed by atoms with Crippen LogP contribution in [0.15, 0.2) is 24.3 Å². The smallest absolute Gasteiger partial charge is 0.326 e. The van der Waals surface area contributed by atoms with Gasteiger partial charge in [-0.2, -0.15) is 0 Å². The van der Waals surface area contributed by atoms with E-state index in [1.165, 1.54) is 19.1 Å². The van der Waals surface area contributed by atoms with Crippen LogP contribution in [0.3, 0.4) is 0 Å². The number of nitrogens with two attached hydrogens (primary N) is 1. The molecule has 0 aliphatic heterocycles. The molecule has 0 radical (unpaired) electrons. The molecule has 0 aliphatic rings. The quantitative estimate of drug-likeness (QED) is 0.207. The number of rotatable bonds is 12. The molecule has 1 aromatic carbocycles. The number of hydrogen-bond donors (Lipinski definition) is 7. The minimum Gasteiger partial charge on any atom is -0.508 e. The van der Waals surface area contributed by atoms with E-state index in [1.54, 1.807) is 12.1 Å². The molecule has 3 amide bonds. The first-order valence-electron chi connectivity index (χ1n) is 10.2. The zero-order chi connectivity index (χ0) is 24.4. The minimum absolute atomic E-state index is 0.00682. The summed E-state index contributed by atoms with van der Waals surface area (Å²) >= 11 is 0. The average Bonchev–Trinajstić information content (AvgIpc) is 2.71. The number of carboxylic acid groups (broad SMARTS) is 1. The van der Waals surface area contributed by atoms with Gasteiger partial charge in [-0.25, -0.2) is 4.79 Å². The molecule has 0 aromatic heterocycles. The van der Waals surface area contributed by atoms with Crippen LogP contribution in [0, 0.1) is 5.92 Å². The maximum Gasteiger partial charge on any atom is 0.326 e. The molecule has 0 bridgehead atoms. The van der Waals surface area contributed by atoms with Crippen molar-refractivity contribution in [2.24, 2.45) is 11.7 Å². The molecule has 0 aliphatic carbocycles. The van der Waals surface area contributed by atoms with Crippen molar-refractivity contribution in [1.29, 1.82) is 0 Å². The lowest BCUT2D eigenvalue weighted by Crippen LogP contribution is -2.59. The SMILES string of the molecule is CC(C)CC(NC(=O)C(Cc1ccc(O)cc1)NC(=O)C(NC(=O)CN)C(C)O)C(=O)O. The second-order valence-electron chi connectivity index (χ2n) is 7.95. The fraction of sp³-hybridized carbons (Fsp3) is 0.524. The summed E-state index contributed by atoms with van der Waals surface area (Å²) in [5.41, 5.74) is 5.82. The number of aliphatic hydroxyl groups is 1. The third-order valence-electron chi connectivity index (χ3n) is 4.60. The van der Waals surface area contributed by atoms with Gasteiger partial charge in [0.1, 0.15) is 23.9 Å². The van der Waals surface area contributed by atoms with Crippen LogP contribution in [0.1, 0.15) is 32.8 Å². The van der Waals surface area contributed by atoms with Crippen LogP contribution in [-0.4, -0.2) is 69.8 Å². The van der Waals surface area contributed by atoms with E-state index >= 15 is 0 Å². The Bertz CT molecular complexity index is 796. The normalized spacial score (nSPS) is 14.7. The van der Waals surface area contributed by atoms with Gasteiger partial charge in [-0.15, -0.1) is 0 Å². The Hall–Kier alpha value is -3.18. The number of phenols is 1. The summed E-state index contributed by atoms with van der Waals surface area (Å²) in [4.78, 5) is 48.8. The molecule has 32 heavy (non-hydrogen) atoms. The molecule has 8 N–H and O–H groups in total. The number of aliphatic carboxylic acids is 1. The van der Waals surface area contributed by atoms with Gasteiger partial charge in [0, 0.05) is 6.42 Å². The van der Waals surface area contributed by atoms with Crippen molar-refractivity contribution in [3.63, 3.8) is 0 Å². The maximum atomic E-state index is 12.9. The van der Waals surface area contributed by atoms with Crippen molar-refractivity contribution in [2.45, 2.75) is 57.8 Å². The van der Waals surface area contributed by atoms with E-state index in [9.17, 15) is 34.5 Å². The molecule has 4 unspecified atom stereocenters. The van der Waals surface area contributed by atoms with E-state index in [4.69, 9.17) is 5.73 Å². The Morgan fingerprint density at radius 1 is 0.938 bits per heavy atom. The first-order chi connectivity index (χ1) is 14.9. The predicted octanol–water partition coefficient (Wildman–Crippen LogP) is -1.14. The van der Waals surface area contributed by atoms with Gasteiger partial charge in [0.15, 0.2) is 0 Å². The zero-order valence-electron chi connectivity index (χ0n) is 18.4. The van der Waals surface area contributed by atoms with Gasteiger partial charge in [-0.05, 0) is 37.0 Å². The zero-order valence-corrected chi connectivity index (χ0v) is 18.4. The Labute approximate surface area is 186 Å². The first-order valence-corrected chi connectivity index (χ1v) is 10.2. The van der Waals surface area contributed by atoms with Crippen LogP contribution in [0.2, 0.25) is 0 Å². The summed E-state index contributed by atoms with van der Waals surface area (Å²) in [6.45, 7) is 4.51. The molecule has 4 atom stereocenters. The molecular weight excluding hydrogens is 420 g/mol. The molecule has 0 spiro atoms. The molecule has 1 rings (SSSR count). The van der Waals surface area contributed by atoms with Gasteiger partial charge in [-0.1, -0.05) is 26.0 Å². The summed E-state index contributed by atoms with van der Waals surface area (Å²) in [7, 11) is 0. The molecule has 0 fully saturated rings. The highest BCUT2D eigenvalue weighted by atomic mass is 16.4. The Morgan fingerprint density at radius 2 is 1.50 bits per heavy atom. The first kappa shape index (κ1) is 26.9. The van der Waals surface area contributed by atoms with Crippen molar-refractivity contribution in [3.05, 3.63) is 29.8 Å². The number of carbonyl (C=O) groups excluding carboxylic acids is 3. The number of aromatic hydroxyl groups is 1. The summed E-state index contributed by atoms with van der Waals surface area (Å²) in [6, 6.07) is 2.17. The van der Waals surface area contributed by atoms with Gasteiger partial charge >= 0.3 is 5.97 Å². The lowest BCUT2D eigenvalue weighted by atomic mass is 10.0. The van der Waals surface area contributed by atoms with E-state index in [2.05, 4.69) is 16.0 Å². The summed E-state index contributed by atoms with van der Waals surface area (Å²) < 4.78 is 0. The predicted molar refractivity (Wildman–Crippen MR) is 115 cm³/mol. The lowest BCUT2D eigenvalue weighted by molar-refractivity contribution is -0.142. The van der Waals surface area contributed by atoms with Crippen LogP contribution >= 0.6 is 0 Å². The Balaban J connectivity index is 3.11. The van der Waals surface area contributed by atoms with Crippen molar-refractivity contribution in [2.75, 3.05) is 6.54 Å². The third-order valence-corrected chi connectivity index (χ3v) is 4.60. The van der Waals surface area contributed by atoms with Crippen molar-refractivity contribution < 1.29 is 34.5 Å². The fourth-order valence-electron chi connectivity index (χ4n) is 2.94. The van der Waals surface area contributed by atoms with Gasteiger partial charge < -0.3 is 37.0 Å². The second-order valence-corrected chi connectivity index (χ2v) is 7.95. The average molecular weight is 453 g/mol. The molecule has 11 nitrogen and oxygen atoms in total. The summed E-state index contributed by atoms with van der Waals surface area (Å²) in [5.74, 6) is -3.45. The van der Waals surface area contributed by atoms with E-state index in [0.29, 0.717) is 5.56 Å². The minimum atomic E-state index is -1.37. The monoisotopic (exact) mass is 452 g/mol. The van der Waals surface area contributed by atoms with Gasteiger partial charge in [0.25, 0.3) is 0 Å². The highest BCUT2D eigenvalue weighted by molar-refractivity contribution is 5.94. The van der Waals surface area contributed by atoms with Crippen LogP contribution < -0.4 is 21.7 Å². The van der Waals surface area contributed by atoms with E-state index < -0.39 is 54.5 Å². The highest BCUT2D eigenvalue weighted by Gasteiger charge is 2.31. The van der Waals surface area contributed by atoms with Crippen LogP contribution in [0.4, 0.5) is 0 Å². The fourth-order valence-corrected chi connectivity index (χ4v) is 2.94. The molecule has 0 heterocycles. The van der Waals surface area contributed by atoms with Gasteiger partial charge in [0.2, 0.25) is 17.7 Å². The van der Waals surface area contributed by atoms with Crippen LogP contribution in [-0.2, 0) is 25.6 Å². The second kappa shape index (κ2) is 12.6. The molecule has 11 heteroatoms. The standard InChI is InChI=1S/C21H32N4O7/c1-11(2)8-16(21(31)32)24-19(29)15(9-13-4-6-14(27)7-5-13)23-20(30)18(12(3)26)25-17(28)10-22/h4-7,11-12,15-16,18,26-27H,8-10,22H2,1-3H3,(H,23,30)(H,24,29)(H,25,28)(H,31,32). The van der Waals surface area contributed by atoms with Gasteiger partial charge in [-0.3, -0.25) is 14.4 Å². The number of aliphatic hydroxyl groups excluding tert-OH is 1. The molecule has 0 saturated heterocycles. The molecule has 1 aromatic rings. The van der Waals surface area contributed by atoms with Crippen molar-refractivity contribution in [3.8, 4) is 5.75 Å². The van der Waals surface area contributed by atoms with Crippen molar-refractivity contribution in [1.82, 2.24) is 16.0 Å². The lowest BCUT2D eigenvalue weighted by Gasteiger charge is -2.26. The topological polar surface area (TPSA) is 191 Å². The van der Waals surface area contributed by atoms with Crippen molar-refractivity contribution >= 4 is 23.7 Å². The highest BCUT2D eigenvalue weighted by Crippen LogP contribution is 2.12. The summed E-state index contributed by atoms with van der Waals surface area (Å²) in [6.07, 6.45) is -1.12. The number of carbonyl (C=O) groups is 4. The number of phenolic OH excluding ortho intramolecular Hbond substituents is 1. The van der Waals surface area contributed by atoms with Crippen LogP contribution in [0.25, 0.3) is 0 Å². The molecule has 0 saturated carbocycles. The number of nitrogens with one attached hydrogen (secondary N) is 3. The molecule has 178 valence electrons.